The molecule has 7 nitrogen and oxygen atoms in total. The Hall–Kier alpha value is -2.41. The molecule has 0 spiro atoms. The number of hydrogen-bond acceptors (Lipinski definition) is 6. The van der Waals surface area contributed by atoms with Crippen LogP contribution in [0.4, 0.5) is 5.95 Å². The highest BCUT2D eigenvalue weighted by Crippen LogP contribution is 2.25. The van der Waals surface area contributed by atoms with E-state index in [1.807, 2.05) is 30.3 Å². The summed E-state index contributed by atoms with van der Waals surface area (Å²) >= 11 is 0. The minimum absolute atomic E-state index is 0.250. The Morgan fingerprint density at radius 2 is 1.77 bits per heavy atom. The Bertz CT molecular complexity index is 670. The van der Waals surface area contributed by atoms with Crippen LogP contribution < -0.4 is 4.90 Å². The Morgan fingerprint density at radius 1 is 1.04 bits per heavy atom. The Morgan fingerprint density at radius 3 is 2.50 bits per heavy atom. The molecule has 2 aliphatic rings. The first-order valence-electron chi connectivity index (χ1n) is 9.28. The first kappa shape index (κ1) is 18.4. The van der Waals surface area contributed by atoms with Gasteiger partial charge in [-0.25, -0.2) is 0 Å². The van der Waals surface area contributed by atoms with E-state index in [0.717, 1.165) is 37.2 Å². The molecule has 1 saturated heterocycles. The second-order valence-corrected chi connectivity index (χ2v) is 6.69. The molecule has 2 heterocycles. The van der Waals surface area contributed by atoms with Crippen LogP contribution in [-0.2, 0) is 4.79 Å². The molecule has 0 bridgehead atoms. The third kappa shape index (κ3) is 4.60. The van der Waals surface area contributed by atoms with Crippen molar-refractivity contribution in [2.45, 2.75) is 38.1 Å². The minimum Gasteiger partial charge on any atom is -0.483 e. The smallest absolute Gasteiger partial charge is 0.290 e. The van der Waals surface area contributed by atoms with Crippen molar-refractivity contribution in [1.82, 2.24) is 15.0 Å². The molecule has 1 aromatic carbocycles. The number of carboxylic acid groups (broad SMARTS) is 1. The molecular weight excluding hydrogens is 332 g/mol. The van der Waals surface area contributed by atoms with Gasteiger partial charge in [-0.15, -0.1) is 0 Å². The maximum Gasteiger partial charge on any atom is 0.290 e. The first-order chi connectivity index (χ1) is 12.8. The van der Waals surface area contributed by atoms with Gasteiger partial charge in [0.2, 0.25) is 0 Å². The fourth-order valence-electron chi connectivity index (χ4n) is 3.81. The largest absolute Gasteiger partial charge is 0.483 e. The Labute approximate surface area is 153 Å². The molecule has 7 heteroatoms. The average molecular weight is 358 g/mol. The van der Waals surface area contributed by atoms with E-state index in [1.165, 1.54) is 38.6 Å². The van der Waals surface area contributed by atoms with Gasteiger partial charge in [0.25, 0.3) is 18.3 Å². The van der Waals surface area contributed by atoms with Crippen molar-refractivity contribution in [2.75, 3.05) is 31.1 Å². The van der Waals surface area contributed by atoms with Crippen LogP contribution in [0.5, 0.6) is 0 Å². The zero-order chi connectivity index (χ0) is 18.2. The zero-order valence-electron chi connectivity index (χ0n) is 15.0. The van der Waals surface area contributed by atoms with Crippen LogP contribution in [0.2, 0.25) is 0 Å². The number of carbonyl (C=O) groups is 1. The van der Waals surface area contributed by atoms with E-state index in [1.54, 1.807) is 0 Å². The second kappa shape index (κ2) is 9.33. The summed E-state index contributed by atoms with van der Waals surface area (Å²) in [6.45, 7) is 4.06. The monoisotopic (exact) mass is 358 g/mol. The van der Waals surface area contributed by atoms with Crippen molar-refractivity contribution in [3.05, 3.63) is 30.3 Å². The third-order valence-corrected chi connectivity index (χ3v) is 5.09. The van der Waals surface area contributed by atoms with E-state index >= 15 is 0 Å². The van der Waals surface area contributed by atoms with E-state index < -0.39 is 0 Å². The van der Waals surface area contributed by atoms with Crippen LogP contribution >= 0.6 is 0 Å². The van der Waals surface area contributed by atoms with E-state index in [9.17, 15) is 0 Å². The summed E-state index contributed by atoms with van der Waals surface area (Å²) in [6, 6.07) is 10.8. The lowest BCUT2D eigenvalue weighted by atomic mass is 10.2. The third-order valence-electron chi connectivity index (χ3n) is 5.09. The molecule has 0 atom stereocenters. The lowest BCUT2D eigenvalue weighted by Crippen LogP contribution is -2.37. The van der Waals surface area contributed by atoms with Gasteiger partial charge in [-0.1, -0.05) is 31.0 Å². The minimum atomic E-state index is -0.250. The summed E-state index contributed by atoms with van der Waals surface area (Å²) in [6.07, 6.45) is 6.72. The van der Waals surface area contributed by atoms with Gasteiger partial charge in [-0.2, -0.15) is 4.98 Å². The highest BCUT2D eigenvalue weighted by Gasteiger charge is 2.26. The van der Waals surface area contributed by atoms with E-state index in [2.05, 4.69) is 19.9 Å². The van der Waals surface area contributed by atoms with Gasteiger partial charge < -0.3 is 14.5 Å². The quantitative estimate of drug-likeness (QED) is 0.845. The van der Waals surface area contributed by atoms with E-state index in [-0.39, 0.29) is 6.47 Å². The highest BCUT2D eigenvalue weighted by molar-refractivity contribution is 5.54. The van der Waals surface area contributed by atoms with Crippen LogP contribution in [0.15, 0.2) is 34.9 Å². The SMILES string of the molecule is O=CO.c1ccc(-c2nc(N3CCCN(C4CCCC4)CC3)no2)cc1. The lowest BCUT2D eigenvalue weighted by molar-refractivity contribution is -0.122. The predicted molar refractivity (Wildman–Crippen MR) is 99.1 cm³/mol. The molecule has 140 valence electrons. The van der Waals surface area contributed by atoms with Crippen LogP contribution in [0.25, 0.3) is 11.5 Å². The van der Waals surface area contributed by atoms with Gasteiger partial charge in [-0.05, 0) is 36.6 Å². The normalized spacial score (nSPS) is 18.8. The fraction of sp³-hybridized carbons (Fsp3) is 0.526. The van der Waals surface area contributed by atoms with Crippen molar-refractivity contribution in [1.29, 1.82) is 0 Å². The molecule has 26 heavy (non-hydrogen) atoms. The number of nitrogens with zero attached hydrogens (tertiary/aromatic N) is 4. The molecule has 4 rings (SSSR count). The number of aromatic nitrogens is 2. The Kier molecular flexibility index (Phi) is 6.60. The van der Waals surface area contributed by atoms with Crippen molar-refractivity contribution in [3.8, 4) is 11.5 Å². The van der Waals surface area contributed by atoms with Gasteiger partial charge in [0.15, 0.2) is 0 Å². The van der Waals surface area contributed by atoms with Gasteiger partial charge in [0.1, 0.15) is 0 Å². The van der Waals surface area contributed by atoms with Crippen molar-refractivity contribution in [3.63, 3.8) is 0 Å². The van der Waals surface area contributed by atoms with Gasteiger partial charge in [-0.3, -0.25) is 9.69 Å². The molecule has 0 amide bonds. The van der Waals surface area contributed by atoms with Gasteiger partial charge in [0.05, 0.1) is 0 Å². The van der Waals surface area contributed by atoms with E-state index in [0.29, 0.717) is 5.89 Å². The highest BCUT2D eigenvalue weighted by atomic mass is 16.5. The van der Waals surface area contributed by atoms with Crippen LogP contribution in [-0.4, -0.2) is 58.8 Å². The van der Waals surface area contributed by atoms with Crippen molar-refractivity contribution >= 4 is 12.4 Å². The summed E-state index contributed by atoms with van der Waals surface area (Å²) < 4.78 is 5.45. The number of rotatable bonds is 3. The van der Waals surface area contributed by atoms with Crippen molar-refractivity contribution < 1.29 is 14.4 Å². The standard InChI is InChI=1S/C18H24N4O.CH2O2/c1-2-7-15(8-3-1)17-19-18(20-23-17)22-12-6-11-21(13-14-22)16-9-4-5-10-16;2-1-3/h1-3,7-8,16H,4-6,9-14H2;1H,(H,2,3). The Balaban J connectivity index is 0.000000613. The van der Waals surface area contributed by atoms with Crippen LogP contribution in [0.1, 0.15) is 32.1 Å². The van der Waals surface area contributed by atoms with Crippen molar-refractivity contribution in [2.24, 2.45) is 0 Å². The maximum absolute atomic E-state index is 8.36. The molecule has 1 aromatic heterocycles. The summed E-state index contributed by atoms with van der Waals surface area (Å²) in [5.41, 5.74) is 0.980. The molecule has 2 aromatic rings. The first-order valence-corrected chi connectivity index (χ1v) is 9.28. The maximum atomic E-state index is 8.36. The summed E-state index contributed by atoms with van der Waals surface area (Å²) in [5.74, 6) is 1.34. The number of hydrogen-bond donors (Lipinski definition) is 1. The molecule has 0 unspecified atom stereocenters. The molecule has 1 aliphatic heterocycles. The second-order valence-electron chi connectivity index (χ2n) is 6.69. The molecule has 2 fully saturated rings. The fourth-order valence-corrected chi connectivity index (χ4v) is 3.81. The molecule has 1 aliphatic carbocycles. The molecule has 0 radical (unpaired) electrons. The summed E-state index contributed by atoms with van der Waals surface area (Å²) in [7, 11) is 0. The van der Waals surface area contributed by atoms with E-state index in [4.69, 9.17) is 14.4 Å². The lowest BCUT2D eigenvalue weighted by Gasteiger charge is -2.27. The topological polar surface area (TPSA) is 82.7 Å². The van der Waals surface area contributed by atoms with Crippen LogP contribution in [0, 0.1) is 0 Å². The van der Waals surface area contributed by atoms with Crippen LogP contribution in [0.3, 0.4) is 0 Å². The molecular formula is C19H26N4O3. The summed E-state index contributed by atoms with van der Waals surface area (Å²) in [4.78, 5) is 17.9. The molecule has 1 N–H and O–H groups in total. The zero-order valence-corrected chi connectivity index (χ0v) is 15.0. The number of benzene rings is 1. The number of anilines is 1. The predicted octanol–water partition coefficient (Wildman–Crippen LogP) is 2.89. The molecule has 1 saturated carbocycles. The average Bonchev–Trinajstić information content (AvgIpc) is 3.32. The summed E-state index contributed by atoms with van der Waals surface area (Å²) in [5, 5.41) is 11.1. The van der Waals surface area contributed by atoms with Gasteiger partial charge in [0, 0.05) is 37.8 Å². The van der Waals surface area contributed by atoms with Gasteiger partial charge >= 0.3 is 0 Å².